The number of likely N-dealkylation sites (N-methyl/N-ethyl adjacent to an activating group) is 1. The summed E-state index contributed by atoms with van der Waals surface area (Å²) in [5.41, 5.74) is 0.427. The molecule has 1 atom stereocenters. The van der Waals surface area contributed by atoms with Crippen molar-refractivity contribution in [1.82, 2.24) is 10.6 Å². The Morgan fingerprint density at radius 2 is 1.81 bits per heavy atom. The largest absolute Gasteiger partial charge is 0.573 e. The van der Waals surface area contributed by atoms with Crippen molar-refractivity contribution in [1.29, 1.82) is 0 Å². The van der Waals surface area contributed by atoms with Crippen LogP contribution in [0.15, 0.2) is 30.3 Å². The number of nitrogens with one attached hydrogen (secondary N) is 2. The van der Waals surface area contributed by atoms with E-state index < -0.39 is 30.9 Å². The predicted molar refractivity (Wildman–Crippen MR) is 89.4 cm³/mol. The Labute approximate surface area is 153 Å². The zero-order chi connectivity index (χ0) is 20.4. The quantitative estimate of drug-likeness (QED) is 0.523. The summed E-state index contributed by atoms with van der Waals surface area (Å²) >= 11 is 0. The SMILES string of the molecule is CCNC(=O)[C@@H](C)NC(=O)COC(=O)/C=C/c1ccc(OC(F)(F)F)cc1. The van der Waals surface area contributed by atoms with Crippen molar-refractivity contribution in [2.24, 2.45) is 0 Å². The second-order valence-electron chi connectivity index (χ2n) is 5.24. The van der Waals surface area contributed by atoms with Crippen LogP contribution in [0.2, 0.25) is 0 Å². The molecule has 0 aromatic heterocycles. The van der Waals surface area contributed by atoms with Gasteiger partial charge in [0, 0.05) is 12.6 Å². The molecule has 27 heavy (non-hydrogen) atoms. The summed E-state index contributed by atoms with van der Waals surface area (Å²) in [5.74, 6) is -2.23. The maximum atomic E-state index is 12.1. The van der Waals surface area contributed by atoms with Crippen LogP contribution in [0.5, 0.6) is 5.75 Å². The minimum atomic E-state index is -4.78. The third-order valence-corrected chi connectivity index (χ3v) is 2.99. The van der Waals surface area contributed by atoms with Gasteiger partial charge >= 0.3 is 12.3 Å². The van der Waals surface area contributed by atoms with Gasteiger partial charge in [0.05, 0.1) is 0 Å². The van der Waals surface area contributed by atoms with Crippen molar-refractivity contribution in [2.75, 3.05) is 13.2 Å². The summed E-state index contributed by atoms with van der Waals surface area (Å²) in [5, 5.41) is 4.89. The molecule has 0 saturated carbocycles. The molecule has 1 aromatic rings. The fourth-order valence-corrected chi connectivity index (χ4v) is 1.81. The van der Waals surface area contributed by atoms with Crippen LogP contribution in [0.4, 0.5) is 13.2 Å². The molecule has 0 aliphatic heterocycles. The molecular formula is C17H19F3N2O5. The van der Waals surface area contributed by atoms with E-state index in [2.05, 4.69) is 15.4 Å². The zero-order valence-corrected chi connectivity index (χ0v) is 14.6. The van der Waals surface area contributed by atoms with Crippen LogP contribution < -0.4 is 15.4 Å². The van der Waals surface area contributed by atoms with Crippen molar-refractivity contribution < 1.29 is 37.0 Å². The summed E-state index contributed by atoms with van der Waals surface area (Å²) in [6, 6.07) is 4.03. The summed E-state index contributed by atoms with van der Waals surface area (Å²) in [4.78, 5) is 34.6. The van der Waals surface area contributed by atoms with Gasteiger partial charge in [-0.1, -0.05) is 12.1 Å². The zero-order valence-electron chi connectivity index (χ0n) is 14.6. The van der Waals surface area contributed by atoms with Gasteiger partial charge in [-0.05, 0) is 37.6 Å². The standard InChI is InChI=1S/C17H19F3N2O5/c1-3-21-16(25)11(2)22-14(23)10-26-15(24)9-6-12-4-7-13(8-5-12)27-17(18,19)20/h4-9,11H,3,10H2,1-2H3,(H,21,25)(H,22,23)/b9-6+/t11-/m1/s1. The van der Waals surface area contributed by atoms with Crippen LogP contribution in [-0.4, -0.2) is 43.3 Å². The number of rotatable bonds is 8. The molecule has 0 radical (unpaired) electrons. The molecule has 1 aromatic carbocycles. The monoisotopic (exact) mass is 388 g/mol. The minimum Gasteiger partial charge on any atom is -0.452 e. The van der Waals surface area contributed by atoms with E-state index in [1.54, 1.807) is 6.92 Å². The first-order valence-corrected chi connectivity index (χ1v) is 7.88. The third-order valence-electron chi connectivity index (χ3n) is 2.99. The summed E-state index contributed by atoms with van der Waals surface area (Å²) in [6.07, 6.45) is -2.47. The van der Waals surface area contributed by atoms with Gasteiger partial charge in [0.1, 0.15) is 11.8 Å². The highest BCUT2D eigenvalue weighted by Gasteiger charge is 2.30. The number of esters is 1. The van der Waals surface area contributed by atoms with E-state index in [0.717, 1.165) is 18.2 Å². The highest BCUT2D eigenvalue weighted by Crippen LogP contribution is 2.22. The number of amides is 2. The molecule has 0 unspecified atom stereocenters. The van der Waals surface area contributed by atoms with Gasteiger partial charge < -0.3 is 20.1 Å². The molecule has 0 fully saturated rings. The first-order valence-electron chi connectivity index (χ1n) is 7.88. The minimum absolute atomic E-state index is 0.366. The van der Waals surface area contributed by atoms with Gasteiger partial charge in [0.15, 0.2) is 6.61 Å². The fourth-order valence-electron chi connectivity index (χ4n) is 1.81. The van der Waals surface area contributed by atoms with Gasteiger partial charge in [-0.15, -0.1) is 13.2 Å². The smallest absolute Gasteiger partial charge is 0.452 e. The van der Waals surface area contributed by atoms with E-state index in [0.29, 0.717) is 12.1 Å². The number of carbonyl (C=O) groups excluding carboxylic acids is 3. The Morgan fingerprint density at radius 1 is 1.19 bits per heavy atom. The lowest BCUT2D eigenvalue weighted by atomic mass is 10.2. The summed E-state index contributed by atoms with van der Waals surface area (Å²) in [7, 11) is 0. The second-order valence-corrected chi connectivity index (χ2v) is 5.24. The Bertz CT molecular complexity index is 687. The highest BCUT2D eigenvalue weighted by atomic mass is 19.4. The molecule has 148 valence electrons. The molecule has 10 heteroatoms. The number of alkyl halides is 3. The Morgan fingerprint density at radius 3 is 2.37 bits per heavy atom. The lowest BCUT2D eigenvalue weighted by Gasteiger charge is -2.12. The van der Waals surface area contributed by atoms with Crippen molar-refractivity contribution in [3.05, 3.63) is 35.9 Å². The molecule has 0 saturated heterocycles. The predicted octanol–water partition coefficient (Wildman–Crippen LogP) is 1.78. The van der Waals surface area contributed by atoms with Gasteiger partial charge in [-0.2, -0.15) is 0 Å². The van der Waals surface area contributed by atoms with E-state index in [-0.39, 0.29) is 11.7 Å². The number of hydrogen-bond acceptors (Lipinski definition) is 5. The number of carbonyl (C=O) groups is 3. The average molecular weight is 388 g/mol. The van der Waals surface area contributed by atoms with Crippen LogP contribution in [0.1, 0.15) is 19.4 Å². The summed E-state index contributed by atoms with van der Waals surface area (Å²) in [6.45, 7) is 3.06. The first kappa shape index (κ1) is 22.0. The van der Waals surface area contributed by atoms with Gasteiger partial charge in [0.2, 0.25) is 5.91 Å². The Hall–Kier alpha value is -3.04. The van der Waals surface area contributed by atoms with E-state index in [1.807, 2.05) is 0 Å². The molecule has 2 N–H and O–H groups in total. The maximum absolute atomic E-state index is 12.1. The highest BCUT2D eigenvalue weighted by molar-refractivity contribution is 5.91. The van der Waals surface area contributed by atoms with Crippen molar-refractivity contribution in [3.63, 3.8) is 0 Å². The lowest BCUT2D eigenvalue weighted by molar-refractivity contribution is -0.274. The van der Waals surface area contributed by atoms with E-state index in [9.17, 15) is 27.6 Å². The van der Waals surface area contributed by atoms with Gasteiger partial charge in [-0.25, -0.2) is 4.79 Å². The Balaban J connectivity index is 2.43. The average Bonchev–Trinajstić information content (AvgIpc) is 2.58. The van der Waals surface area contributed by atoms with Crippen molar-refractivity contribution in [3.8, 4) is 5.75 Å². The van der Waals surface area contributed by atoms with Gasteiger partial charge in [-0.3, -0.25) is 9.59 Å². The topological polar surface area (TPSA) is 93.7 Å². The molecule has 0 aliphatic carbocycles. The van der Waals surface area contributed by atoms with Crippen LogP contribution in [0.3, 0.4) is 0 Å². The van der Waals surface area contributed by atoms with Crippen molar-refractivity contribution in [2.45, 2.75) is 26.3 Å². The first-order chi connectivity index (χ1) is 12.6. The van der Waals surface area contributed by atoms with E-state index >= 15 is 0 Å². The maximum Gasteiger partial charge on any atom is 0.573 e. The molecule has 0 spiro atoms. The van der Waals surface area contributed by atoms with Crippen molar-refractivity contribution >= 4 is 23.9 Å². The molecule has 2 amide bonds. The second kappa shape index (κ2) is 10.2. The molecule has 1 rings (SSSR count). The lowest BCUT2D eigenvalue weighted by Crippen LogP contribution is -2.46. The van der Waals surface area contributed by atoms with Crippen LogP contribution >= 0.6 is 0 Å². The van der Waals surface area contributed by atoms with Gasteiger partial charge in [0.25, 0.3) is 5.91 Å². The van der Waals surface area contributed by atoms with Crippen LogP contribution in [-0.2, 0) is 19.1 Å². The molecular weight excluding hydrogens is 369 g/mol. The number of ether oxygens (including phenoxy) is 2. The van der Waals surface area contributed by atoms with E-state index in [4.69, 9.17) is 4.74 Å². The molecule has 0 bridgehead atoms. The fraction of sp³-hybridized carbons (Fsp3) is 0.353. The normalized spacial score (nSPS) is 12.3. The molecule has 0 heterocycles. The number of benzene rings is 1. The summed E-state index contributed by atoms with van der Waals surface area (Å²) < 4.78 is 44.6. The number of halogens is 3. The third kappa shape index (κ3) is 9.28. The molecule has 7 nitrogen and oxygen atoms in total. The van der Waals surface area contributed by atoms with E-state index in [1.165, 1.54) is 25.1 Å². The number of hydrogen-bond donors (Lipinski definition) is 2. The molecule has 0 aliphatic rings. The van der Waals surface area contributed by atoms with Crippen LogP contribution in [0.25, 0.3) is 6.08 Å². The Kier molecular flexibility index (Phi) is 8.31. The van der Waals surface area contributed by atoms with Crippen LogP contribution in [0, 0.1) is 0 Å².